The minimum Gasteiger partial charge on any atom is -0.370 e. The molecule has 1 saturated carbocycles. The van der Waals surface area contributed by atoms with E-state index in [-0.39, 0.29) is 0 Å². The molecule has 2 atom stereocenters. The van der Waals surface area contributed by atoms with Crippen LogP contribution in [0.3, 0.4) is 0 Å². The molecule has 0 bridgehead atoms. The van der Waals surface area contributed by atoms with Crippen LogP contribution in [0.1, 0.15) is 39.0 Å². The Bertz CT molecular complexity index is 354. The lowest BCUT2D eigenvalue weighted by molar-refractivity contribution is 0.274. The molecule has 1 aromatic rings. The number of halogens is 1. The van der Waals surface area contributed by atoms with Crippen LogP contribution in [0.15, 0.2) is 22.8 Å². The van der Waals surface area contributed by atoms with Crippen LogP contribution < -0.4 is 5.32 Å². The van der Waals surface area contributed by atoms with Crippen LogP contribution in [0.5, 0.6) is 0 Å². The molecule has 0 aromatic carbocycles. The second-order valence-electron chi connectivity index (χ2n) is 5.20. The van der Waals surface area contributed by atoms with E-state index in [9.17, 15) is 0 Å². The van der Waals surface area contributed by atoms with Crippen molar-refractivity contribution in [1.82, 2.24) is 4.98 Å². The van der Waals surface area contributed by atoms with Gasteiger partial charge in [-0.2, -0.15) is 0 Å². The Morgan fingerprint density at radius 3 is 3.06 bits per heavy atom. The Kier molecular flexibility index (Phi) is 4.84. The predicted molar refractivity (Wildman–Crippen MR) is 76.2 cm³/mol. The fourth-order valence-corrected chi connectivity index (χ4v) is 3.08. The van der Waals surface area contributed by atoms with Crippen LogP contribution in [-0.2, 0) is 0 Å². The number of pyridine rings is 1. The molecule has 1 aromatic heterocycles. The van der Waals surface area contributed by atoms with E-state index in [1.165, 1.54) is 32.1 Å². The van der Waals surface area contributed by atoms with Gasteiger partial charge in [0.2, 0.25) is 0 Å². The van der Waals surface area contributed by atoms with Gasteiger partial charge in [-0.05, 0) is 52.7 Å². The van der Waals surface area contributed by atoms with Crippen LogP contribution in [0, 0.1) is 11.8 Å². The van der Waals surface area contributed by atoms with Gasteiger partial charge in [0.15, 0.2) is 0 Å². The number of nitrogens with zero attached hydrogens (tertiary/aromatic N) is 1. The lowest BCUT2D eigenvalue weighted by Crippen LogP contribution is -2.16. The summed E-state index contributed by atoms with van der Waals surface area (Å²) in [6.07, 6.45) is 6.95. The van der Waals surface area contributed by atoms with Gasteiger partial charge in [0.25, 0.3) is 0 Å². The molecule has 0 saturated heterocycles. The van der Waals surface area contributed by atoms with Crippen molar-refractivity contribution in [3.8, 4) is 0 Å². The first-order valence-corrected chi connectivity index (χ1v) is 7.40. The number of rotatable bonds is 4. The minimum atomic E-state index is 0.897. The second kappa shape index (κ2) is 6.39. The van der Waals surface area contributed by atoms with Gasteiger partial charge < -0.3 is 5.32 Å². The summed E-state index contributed by atoms with van der Waals surface area (Å²) in [7, 11) is 0. The topological polar surface area (TPSA) is 24.9 Å². The number of nitrogens with one attached hydrogen (secondary N) is 1. The predicted octanol–water partition coefficient (Wildman–Crippen LogP) is 4.47. The van der Waals surface area contributed by atoms with E-state index in [0.29, 0.717) is 0 Å². The average molecular weight is 297 g/mol. The van der Waals surface area contributed by atoms with E-state index >= 15 is 0 Å². The van der Waals surface area contributed by atoms with Crippen molar-refractivity contribution < 1.29 is 0 Å². The van der Waals surface area contributed by atoms with Gasteiger partial charge in [-0.1, -0.05) is 32.3 Å². The highest BCUT2D eigenvalue weighted by molar-refractivity contribution is 9.10. The van der Waals surface area contributed by atoms with Crippen LogP contribution >= 0.6 is 15.9 Å². The summed E-state index contributed by atoms with van der Waals surface area (Å²) < 4.78 is 0.897. The molecule has 0 spiro atoms. The molecule has 2 nitrogen and oxygen atoms in total. The molecule has 94 valence electrons. The van der Waals surface area contributed by atoms with Crippen LogP contribution in [0.2, 0.25) is 0 Å². The molecule has 1 aliphatic rings. The SMILES string of the molecule is CC1CCCC(CCNc2cccc(Br)n2)C1. The van der Waals surface area contributed by atoms with Crippen molar-refractivity contribution in [2.24, 2.45) is 11.8 Å². The first-order chi connectivity index (χ1) is 8.24. The summed E-state index contributed by atoms with van der Waals surface area (Å²) >= 11 is 3.39. The summed E-state index contributed by atoms with van der Waals surface area (Å²) in [6, 6.07) is 5.99. The maximum atomic E-state index is 4.38. The van der Waals surface area contributed by atoms with Crippen molar-refractivity contribution >= 4 is 21.7 Å². The van der Waals surface area contributed by atoms with Gasteiger partial charge in [-0.3, -0.25) is 0 Å². The monoisotopic (exact) mass is 296 g/mol. The Hall–Kier alpha value is -0.570. The third kappa shape index (κ3) is 4.30. The molecular weight excluding hydrogens is 276 g/mol. The summed E-state index contributed by atoms with van der Waals surface area (Å²) in [6.45, 7) is 3.43. The van der Waals surface area contributed by atoms with E-state index in [1.54, 1.807) is 0 Å². The number of hydrogen-bond acceptors (Lipinski definition) is 2. The Balaban J connectivity index is 1.72. The zero-order chi connectivity index (χ0) is 12.1. The van der Waals surface area contributed by atoms with Gasteiger partial charge in [-0.15, -0.1) is 0 Å². The molecule has 0 amide bonds. The van der Waals surface area contributed by atoms with Gasteiger partial charge in [0.1, 0.15) is 10.4 Å². The largest absolute Gasteiger partial charge is 0.370 e. The zero-order valence-corrected chi connectivity index (χ0v) is 12.0. The van der Waals surface area contributed by atoms with Gasteiger partial charge in [0, 0.05) is 6.54 Å². The van der Waals surface area contributed by atoms with Crippen molar-refractivity contribution in [1.29, 1.82) is 0 Å². The molecule has 0 radical (unpaired) electrons. The number of aromatic nitrogens is 1. The summed E-state index contributed by atoms with van der Waals surface area (Å²) in [5, 5.41) is 3.41. The molecule has 17 heavy (non-hydrogen) atoms. The fraction of sp³-hybridized carbons (Fsp3) is 0.643. The van der Waals surface area contributed by atoms with Crippen LogP contribution in [-0.4, -0.2) is 11.5 Å². The van der Waals surface area contributed by atoms with Crippen molar-refractivity contribution in [3.05, 3.63) is 22.8 Å². The maximum Gasteiger partial charge on any atom is 0.127 e. The second-order valence-corrected chi connectivity index (χ2v) is 6.01. The van der Waals surface area contributed by atoms with Gasteiger partial charge in [0.05, 0.1) is 0 Å². The quantitative estimate of drug-likeness (QED) is 0.829. The normalized spacial score (nSPS) is 24.6. The minimum absolute atomic E-state index is 0.897. The maximum absolute atomic E-state index is 4.38. The molecular formula is C14H21BrN2. The van der Waals surface area contributed by atoms with Crippen molar-refractivity contribution in [2.75, 3.05) is 11.9 Å². The average Bonchev–Trinajstić information content (AvgIpc) is 2.29. The molecule has 3 heteroatoms. The molecule has 2 rings (SSSR count). The molecule has 2 unspecified atom stereocenters. The van der Waals surface area contributed by atoms with E-state index in [2.05, 4.69) is 33.2 Å². The highest BCUT2D eigenvalue weighted by Crippen LogP contribution is 2.30. The Morgan fingerprint density at radius 2 is 2.29 bits per heavy atom. The molecule has 1 fully saturated rings. The standard InChI is InChI=1S/C14H21BrN2/c1-11-4-2-5-12(10-11)8-9-16-14-7-3-6-13(15)17-14/h3,6-7,11-12H,2,4-5,8-10H2,1H3,(H,16,17). The van der Waals surface area contributed by atoms with Gasteiger partial charge in [-0.25, -0.2) is 4.98 Å². The van der Waals surface area contributed by atoms with E-state index in [0.717, 1.165) is 28.8 Å². The third-order valence-electron chi connectivity index (χ3n) is 3.62. The van der Waals surface area contributed by atoms with E-state index < -0.39 is 0 Å². The highest BCUT2D eigenvalue weighted by Gasteiger charge is 2.18. The van der Waals surface area contributed by atoms with Gasteiger partial charge >= 0.3 is 0 Å². The molecule has 0 aliphatic heterocycles. The number of hydrogen-bond donors (Lipinski definition) is 1. The summed E-state index contributed by atoms with van der Waals surface area (Å²) in [5.74, 6) is 2.82. The van der Waals surface area contributed by atoms with E-state index in [1.807, 2.05) is 18.2 Å². The first-order valence-electron chi connectivity index (χ1n) is 6.60. The van der Waals surface area contributed by atoms with E-state index in [4.69, 9.17) is 0 Å². The molecule has 1 aliphatic carbocycles. The Labute approximate surface area is 112 Å². The molecule has 1 N–H and O–H groups in total. The third-order valence-corrected chi connectivity index (χ3v) is 4.06. The highest BCUT2D eigenvalue weighted by atomic mass is 79.9. The fourth-order valence-electron chi connectivity index (χ4n) is 2.73. The zero-order valence-electron chi connectivity index (χ0n) is 10.5. The van der Waals surface area contributed by atoms with Crippen LogP contribution in [0.25, 0.3) is 0 Å². The Morgan fingerprint density at radius 1 is 1.41 bits per heavy atom. The lowest BCUT2D eigenvalue weighted by Gasteiger charge is -2.26. The number of anilines is 1. The molecule has 1 heterocycles. The summed E-state index contributed by atoms with van der Waals surface area (Å²) in [4.78, 5) is 4.38. The van der Waals surface area contributed by atoms with Crippen molar-refractivity contribution in [3.63, 3.8) is 0 Å². The van der Waals surface area contributed by atoms with Crippen molar-refractivity contribution in [2.45, 2.75) is 39.0 Å². The smallest absolute Gasteiger partial charge is 0.127 e. The first kappa shape index (κ1) is 12.9. The summed E-state index contributed by atoms with van der Waals surface area (Å²) in [5.41, 5.74) is 0. The lowest BCUT2D eigenvalue weighted by atomic mass is 9.81. The van der Waals surface area contributed by atoms with Crippen LogP contribution in [0.4, 0.5) is 5.82 Å².